The predicted octanol–water partition coefficient (Wildman–Crippen LogP) is 1.87. The van der Waals surface area contributed by atoms with Crippen LogP contribution in [-0.2, 0) is 4.74 Å². The first-order valence-corrected chi connectivity index (χ1v) is 8.05. The topological polar surface area (TPSA) is 85.4 Å². The highest BCUT2D eigenvalue weighted by molar-refractivity contribution is 5.91. The van der Waals surface area contributed by atoms with Gasteiger partial charge in [0.05, 0.1) is 32.8 Å². The molecule has 3 aromatic rings. The molecule has 8 heteroatoms. The molecule has 8 nitrogen and oxygen atoms in total. The van der Waals surface area contributed by atoms with E-state index in [9.17, 15) is 0 Å². The number of anilines is 1. The first kappa shape index (κ1) is 15.6. The van der Waals surface area contributed by atoms with Crippen molar-refractivity contribution in [1.82, 2.24) is 20.2 Å². The van der Waals surface area contributed by atoms with Gasteiger partial charge in [-0.1, -0.05) is 0 Å². The molecule has 0 saturated carbocycles. The van der Waals surface area contributed by atoms with Gasteiger partial charge in [0.1, 0.15) is 0 Å². The molecule has 1 fully saturated rings. The van der Waals surface area contributed by atoms with E-state index in [1.807, 2.05) is 6.07 Å². The van der Waals surface area contributed by atoms with E-state index in [4.69, 9.17) is 14.2 Å². The zero-order valence-electron chi connectivity index (χ0n) is 14.2. The third kappa shape index (κ3) is 2.85. The summed E-state index contributed by atoms with van der Waals surface area (Å²) in [6, 6.07) is 3.96. The summed E-state index contributed by atoms with van der Waals surface area (Å²) in [7, 11) is 3.16. The lowest BCUT2D eigenvalue weighted by Gasteiger charge is -2.26. The Balaban J connectivity index is 1.75. The fraction of sp³-hybridized carbons (Fsp3) is 0.353. The Morgan fingerprint density at radius 1 is 1.04 bits per heavy atom. The number of pyridine rings is 2. The van der Waals surface area contributed by atoms with Crippen LogP contribution >= 0.6 is 0 Å². The van der Waals surface area contributed by atoms with E-state index in [0.29, 0.717) is 24.8 Å². The second-order valence-corrected chi connectivity index (χ2v) is 5.70. The Morgan fingerprint density at radius 3 is 2.56 bits per heavy atom. The van der Waals surface area contributed by atoms with E-state index >= 15 is 0 Å². The fourth-order valence-electron chi connectivity index (χ4n) is 2.95. The highest BCUT2D eigenvalue weighted by atomic mass is 16.5. The number of hydrogen-bond donors (Lipinski definition) is 1. The predicted molar refractivity (Wildman–Crippen MR) is 93.3 cm³/mol. The minimum atomic E-state index is 0.456. The van der Waals surface area contributed by atoms with E-state index in [1.165, 1.54) is 0 Å². The summed E-state index contributed by atoms with van der Waals surface area (Å²) in [6.45, 7) is 3.06. The number of aromatic amines is 1. The lowest BCUT2D eigenvalue weighted by atomic mass is 10.1. The normalized spacial score (nSPS) is 14.7. The van der Waals surface area contributed by atoms with Crippen molar-refractivity contribution in [3.63, 3.8) is 0 Å². The Labute approximate surface area is 144 Å². The summed E-state index contributed by atoms with van der Waals surface area (Å²) in [5.41, 5.74) is 2.61. The number of rotatable bonds is 4. The lowest BCUT2D eigenvalue weighted by Crippen LogP contribution is -2.36. The number of morpholine rings is 1. The third-order valence-corrected chi connectivity index (χ3v) is 4.27. The molecule has 4 rings (SSSR count). The van der Waals surface area contributed by atoms with Crippen molar-refractivity contribution in [2.45, 2.75) is 0 Å². The van der Waals surface area contributed by atoms with Gasteiger partial charge in [0.2, 0.25) is 0 Å². The number of nitrogens with one attached hydrogen (secondary N) is 1. The molecule has 0 spiro atoms. The minimum absolute atomic E-state index is 0.456. The van der Waals surface area contributed by atoms with Crippen molar-refractivity contribution >= 4 is 16.9 Å². The number of aromatic nitrogens is 4. The van der Waals surface area contributed by atoms with Gasteiger partial charge in [-0.15, -0.1) is 0 Å². The van der Waals surface area contributed by atoms with Gasteiger partial charge in [0.15, 0.2) is 17.2 Å². The second kappa shape index (κ2) is 6.56. The first-order chi connectivity index (χ1) is 12.3. The molecular formula is C17H19N5O3. The quantitative estimate of drug-likeness (QED) is 0.775. The Morgan fingerprint density at radius 2 is 1.80 bits per heavy atom. The van der Waals surface area contributed by atoms with Crippen LogP contribution in [0.15, 0.2) is 24.5 Å². The van der Waals surface area contributed by atoms with Crippen molar-refractivity contribution in [1.29, 1.82) is 0 Å². The van der Waals surface area contributed by atoms with Gasteiger partial charge < -0.3 is 19.1 Å². The number of nitrogens with zero attached hydrogens (tertiary/aromatic N) is 4. The van der Waals surface area contributed by atoms with Gasteiger partial charge in [0.25, 0.3) is 5.88 Å². The van der Waals surface area contributed by atoms with Crippen LogP contribution in [0.2, 0.25) is 0 Å². The van der Waals surface area contributed by atoms with E-state index in [-0.39, 0.29) is 0 Å². The molecule has 1 N–H and O–H groups in total. The standard InChI is InChI=1S/C17H19N5O3/c1-23-14-8-12(10-19-17(14)24-2)11-7-13-15(18-9-11)20-21-16(13)22-3-5-25-6-4-22/h7-10H,3-6H2,1-2H3,(H,18,20,21). The molecule has 1 aliphatic heterocycles. The van der Waals surface area contributed by atoms with Crippen LogP contribution in [0.1, 0.15) is 0 Å². The number of fused-ring (bicyclic) bond motifs is 1. The number of H-pyrrole nitrogens is 1. The van der Waals surface area contributed by atoms with E-state index in [1.54, 1.807) is 26.6 Å². The van der Waals surface area contributed by atoms with E-state index < -0.39 is 0 Å². The van der Waals surface area contributed by atoms with Crippen molar-refractivity contribution in [3.05, 3.63) is 24.5 Å². The summed E-state index contributed by atoms with van der Waals surface area (Å²) in [6.07, 6.45) is 3.55. The van der Waals surface area contributed by atoms with Crippen LogP contribution in [0.5, 0.6) is 11.6 Å². The van der Waals surface area contributed by atoms with Gasteiger partial charge in [0, 0.05) is 36.6 Å². The average Bonchev–Trinajstić information content (AvgIpc) is 3.11. The van der Waals surface area contributed by atoms with Crippen molar-refractivity contribution in [3.8, 4) is 22.8 Å². The Bertz CT molecular complexity index is 889. The Kier molecular flexibility index (Phi) is 4.10. The van der Waals surface area contributed by atoms with E-state index in [2.05, 4.69) is 31.1 Å². The maximum absolute atomic E-state index is 5.42. The van der Waals surface area contributed by atoms with Crippen LogP contribution in [0.25, 0.3) is 22.2 Å². The minimum Gasteiger partial charge on any atom is -0.491 e. The molecule has 0 aliphatic carbocycles. The van der Waals surface area contributed by atoms with Crippen LogP contribution in [-0.4, -0.2) is 60.7 Å². The van der Waals surface area contributed by atoms with Crippen molar-refractivity contribution in [2.75, 3.05) is 45.4 Å². The zero-order valence-corrected chi connectivity index (χ0v) is 14.2. The van der Waals surface area contributed by atoms with Crippen molar-refractivity contribution in [2.24, 2.45) is 0 Å². The SMILES string of the molecule is COc1cc(-c2cnc3[nH]nc(N4CCOCC4)c3c2)cnc1OC. The summed E-state index contributed by atoms with van der Waals surface area (Å²) in [5.74, 6) is 1.94. The summed E-state index contributed by atoms with van der Waals surface area (Å²) < 4.78 is 16.0. The number of ether oxygens (including phenoxy) is 3. The molecule has 1 aliphatic rings. The van der Waals surface area contributed by atoms with Crippen molar-refractivity contribution < 1.29 is 14.2 Å². The molecule has 4 heterocycles. The molecule has 3 aromatic heterocycles. The van der Waals surface area contributed by atoms with Gasteiger partial charge >= 0.3 is 0 Å². The molecule has 130 valence electrons. The number of methoxy groups -OCH3 is 2. The molecule has 25 heavy (non-hydrogen) atoms. The molecule has 0 radical (unpaired) electrons. The average molecular weight is 341 g/mol. The van der Waals surface area contributed by atoms with Gasteiger partial charge in [-0.25, -0.2) is 9.97 Å². The molecule has 0 atom stereocenters. The van der Waals surface area contributed by atoms with Crippen LogP contribution in [0.4, 0.5) is 5.82 Å². The maximum atomic E-state index is 5.42. The van der Waals surface area contributed by atoms with Crippen LogP contribution in [0, 0.1) is 0 Å². The molecule has 0 aromatic carbocycles. The van der Waals surface area contributed by atoms with Gasteiger partial charge in [-0.3, -0.25) is 5.10 Å². The molecule has 0 amide bonds. The molecular weight excluding hydrogens is 322 g/mol. The highest BCUT2D eigenvalue weighted by Crippen LogP contribution is 2.32. The smallest absolute Gasteiger partial charge is 0.256 e. The number of hydrogen-bond acceptors (Lipinski definition) is 7. The van der Waals surface area contributed by atoms with E-state index in [0.717, 1.165) is 41.1 Å². The monoisotopic (exact) mass is 341 g/mol. The second-order valence-electron chi connectivity index (χ2n) is 5.70. The molecule has 0 unspecified atom stereocenters. The largest absolute Gasteiger partial charge is 0.491 e. The third-order valence-electron chi connectivity index (χ3n) is 4.27. The van der Waals surface area contributed by atoms with Gasteiger partial charge in [-0.2, -0.15) is 5.10 Å². The lowest BCUT2D eigenvalue weighted by molar-refractivity contribution is 0.122. The molecule has 0 bridgehead atoms. The van der Waals surface area contributed by atoms with Crippen LogP contribution < -0.4 is 14.4 Å². The maximum Gasteiger partial charge on any atom is 0.256 e. The summed E-state index contributed by atoms with van der Waals surface area (Å²) >= 11 is 0. The summed E-state index contributed by atoms with van der Waals surface area (Å²) in [4.78, 5) is 11.0. The van der Waals surface area contributed by atoms with Crippen LogP contribution in [0.3, 0.4) is 0 Å². The summed E-state index contributed by atoms with van der Waals surface area (Å²) in [5, 5.41) is 8.42. The highest BCUT2D eigenvalue weighted by Gasteiger charge is 2.18. The van der Waals surface area contributed by atoms with Gasteiger partial charge in [-0.05, 0) is 12.1 Å². The molecule has 1 saturated heterocycles. The first-order valence-electron chi connectivity index (χ1n) is 8.05. The zero-order chi connectivity index (χ0) is 17.2. The Hall–Kier alpha value is -2.87. The fourth-order valence-corrected chi connectivity index (χ4v) is 2.95.